The molecule has 0 spiro atoms. The zero-order valence-corrected chi connectivity index (χ0v) is 30.6. The summed E-state index contributed by atoms with van der Waals surface area (Å²) in [5, 5.41) is 7.81. The average Bonchev–Trinajstić information content (AvgIpc) is 3.08. The van der Waals surface area contributed by atoms with Crippen molar-refractivity contribution in [1.29, 1.82) is 0 Å². The molecule has 6 aromatic carbocycles. The molecule has 7 rings (SSSR count). The second-order valence-electron chi connectivity index (χ2n) is 11.3. The maximum atomic E-state index is 7.26. The number of fused-ring (bicyclic) bond motifs is 2. The SMILES string of the molecule is CC1(C)c2cccc(P(c3ccccc3)c3ccccc3)c2Oc2c(P(c3ccccc3)c3ccccc3)cccc21.[C-]#CC.[Cl-].[Pd+2]. The fourth-order valence-corrected chi connectivity index (χ4v) is 10.8. The molecule has 0 saturated carbocycles. The third-order valence-electron chi connectivity index (χ3n) is 8.08. The summed E-state index contributed by atoms with van der Waals surface area (Å²) in [5.74, 6) is 4.02. The van der Waals surface area contributed by atoms with Gasteiger partial charge in [-0.25, -0.2) is 0 Å². The number of rotatable bonds is 6. The summed E-state index contributed by atoms with van der Waals surface area (Å²) in [7, 11) is -1.65. The molecule has 6 aromatic rings. The molecule has 5 heteroatoms. The maximum Gasteiger partial charge on any atom is 2.00 e. The van der Waals surface area contributed by atoms with Gasteiger partial charge < -0.3 is 29.5 Å². The molecule has 236 valence electrons. The molecule has 0 atom stereocenters. The number of benzene rings is 6. The van der Waals surface area contributed by atoms with Crippen molar-refractivity contribution in [2.45, 2.75) is 26.2 Å². The van der Waals surface area contributed by atoms with Crippen molar-refractivity contribution < 1.29 is 37.6 Å². The van der Waals surface area contributed by atoms with Crippen molar-refractivity contribution in [1.82, 2.24) is 0 Å². The van der Waals surface area contributed by atoms with Crippen molar-refractivity contribution in [2.24, 2.45) is 0 Å². The van der Waals surface area contributed by atoms with Crippen LogP contribution in [0.3, 0.4) is 0 Å². The Kier molecular flexibility index (Phi) is 12.8. The van der Waals surface area contributed by atoms with Crippen LogP contribution < -0.4 is 49.0 Å². The molecule has 0 aliphatic carbocycles. The first-order valence-corrected chi connectivity index (χ1v) is 17.8. The summed E-state index contributed by atoms with van der Waals surface area (Å²) in [6, 6.07) is 57.2. The van der Waals surface area contributed by atoms with Crippen molar-refractivity contribution in [3.05, 3.63) is 175 Å². The molecule has 1 heterocycles. The zero-order chi connectivity index (χ0) is 31.2. The number of hydrogen-bond donors (Lipinski definition) is 0. The third-order valence-corrected chi connectivity index (χ3v) is 13.0. The van der Waals surface area contributed by atoms with Crippen LogP contribution in [0.1, 0.15) is 31.9 Å². The van der Waals surface area contributed by atoms with E-state index in [0.717, 1.165) is 11.5 Å². The zero-order valence-electron chi connectivity index (χ0n) is 26.5. The number of ether oxygens (including phenoxy) is 1. The van der Waals surface area contributed by atoms with E-state index in [-0.39, 0.29) is 38.2 Å². The Morgan fingerprint density at radius 3 is 1.04 bits per heavy atom. The van der Waals surface area contributed by atoms with E-state index in [1.54, 1.807) is 6.92 Å². The molecule has 0 amide bonds. The number of halogens is 1. The van der Waals surface area contributed by atoms with E-state index >= 15 is 0 Å². The van der Waals surface area contributed by atoms with E-state index in [4.69, 9.17) is 11.2 Å². The van der Waals surface area contributed by atoms with Gasteiger partial charge in [0.25, 0.3) is 0 Å². The topological polar surface area (TPSA) is 9.23 Å². The Hall–Kier alpha value is -3.51. The van der Waals surface area contributed by atoms with Gasteiger partial charge in [0, 0.05) is 27.2 Å². The molecule has 0 N–H and O–H groups in total. The molecule has 1 aliphatic heterocycles. The van der Waals surface area contributed by atoms with Crippen LogP contribution in [-0.2, 0) is 25.8 Å². The second-order valence-corrected chi connectivity index (χ2v) is 15.7. The minimum atomic E-state index is -0.824. The monoisotopic (exact) mass is 758 g/mol. The minimum absolute atomic E-state index is 0. The first-order chi connectivity index (χ1) is 22.0. The molecule has 0 unspecified atom stereocenters. The summed E-state index contributed by atoms with van der Waals surface area (Å²) in [6.07, 6.45) is 5.96. The summed E-state index contributed by atoms with van der Waals surface area (Å²) in [6.45, 7) is 6.24. The summed E-state index contributed by atoms with van der Waals surface area (Å²) < 4.78 is 7.26. The Morgan fingerprint density at radius 2 is 0.766 bits per heavy atom. The van der Waals surface area contributed by atoms with Gasteiger partial charge in [0.1, 0.15) is 11.5 Å². The van der Waals surface area contributed by atoms with Crippen LogP contribution in [0.2, 0.25) is 0 Å². The molecule has 0 fully saturated rings. The summed E-state index contributed by atoms with van der Waals surface area (Å²) >= 11 is 0. The molecular weight excluding hydrogens is 724 g/mol. The van der Waals surface area contributed by atoms with E-state index in [2.05, 4.69) is 172 Å². The molecule has 47 heavy (non-hydrogen) atoms. The predicted molar refractivity (Wildman–Crippen MR) is 195 cm³/mol. The van der Waals surface area contributed by atoms with Crippen LogP contribution >= 0.6 is 15.8 Å². The van der Waals surface area contributed by atoms with E-state index < -0.39 is 15.8 Å². The fraction of sp³-hybridized carbons (Fsp3) is 0.0952. The van der Waals surface area contributed by atoms with Crippen LogP contribution in [0.15, 0.2) is 158 Å². The van der Waals surface area contributed by atoms with Crippen LogP contribution in [-0.4, -0.2) is 0 Å². The number of para-hydroxylation sites is 2. The molecule has 0 radical (unpaired) electrons. The summed E-state index contributed by atoms with van der Waals surface area (Å²) in [5.41, 5.74) is 2.26. The van der Waals surface area contributed by atoms with Gasteiger partial charge in [-0.2, -0.15) is 0 Å². The van der Waals surface area contributed by atoms with Crippen LogP contribution in [0, 0.1) is 12.3 Å². The van der Waals surface area contributed by atoms with Gasteiger partial charge in [-0.3, -0.25) is 0 Å². The van der Waals surface area contributed by atoms with Gasteiger partial charge in [0.05, 0.1) is 0 Å². The van der Waals surface area contributed by atoms with Crippen molar-refractivity contribution in [2.75, 3.05) is 0 Å². The average molecular weight is 760 g/mol. The van der Waals surface area contributed by atoms with E-state index in [9.17, 15) is 0 Å². The first kappa shape index (κ1) is 36.3. The molecule has 0 saturated heterocycles. The second kappa shape index (κ2) is 16.5. The molecule has 0 bridgehead atoms. The standard InChI is InChI=1S/C39H32OP2.C3H3.ClH.Pd/c1-39(2)33-25-15-27-35(41(29-17-7-3-8-18-29)30-19-9-4-10-20-30)37(33)40-38-34(39)26-16-28-36(38)42(31-21-11-5-12-22-31)32-23-13-6-14-24-32;1-3-2;;/h3-28H,1-2H3;1H3;1H;/q;-1;;+2/p-1. The Morgan fingerprint density at radius 1 is 0.489 bits per heavy atom. The summed E-state index contributed by atoms with van der Waals surface area (Å²) in [4.78, 5) is 0. The Balaban J connectivity index is 0.000000965. The van der Waals surface area contributed by atoms with E-state index in [1.807, 2.05) is 5.92 Å². The molecular formula is C42H35ClOP2Pd. The Bertz CT molecular complexity index is 1710. The van der Waals surface area contributed by atoms with Crippen LogP contribution in [0.4, 0.5) is 0 Å². The Labute approximate surface area is 302 Å². The molecule has 0 aromatic heterocycles. The van der Waals surface area contributed by atoms with Gasteiger partial charge in [0.2, 0.25) is 0 Å². The van der Waals surface area contributed by atoms with Crippen molar-refractivity contribution >= 4 is 47.7 Å². The van der Waals surface area contributed by atoms with Gasteiger partial charge in [-0.1, -0.05) is 172 Å². The van der Waals surface area contributed by atoms with Gasteiger partial charge >= 0.3 is 20.4 Å². The predicted octanol–water partition coefficient (Wildman–Crippen LogP) is 5.23. The molecule has 1 nitrogen and oxygen atoms in total. The quantitative estimate of drug-likeness (QED) is 0.0980. The smallest absolute Gasteiger partial charge is 1.00 e. The van der Waals surface area contributed by atoms with E-state index in [0.29, 0.717) is 0 Å². The maximum absolute atomic E-state index is 7.26. The van der Waals surface area contributed by atoms with Crippen LogP contribution in [0.5, 0.6) is 11.5 Å². The normalized spacial score (nSPS) is 12.1. The van der Waals surface area contributed by atoms with Gasteiger partial charge in [-0.15, -0.1) is 0 Å². The van der Waals surface area contributed by atoms with Gasteiger partial charge in [0.15, 0.2) is 0 Å². The minimum Gasteiger partial charge on any atom is -1.00 e. The van der Waals surface area contributed by atoms with E-state index in [1.165, 1.54) is 43.0 Å². The first-order valence-electron chi connectivity index (χ1n) is 15.1. The third kappa shape index (κ3) is 7.48. The van der Waals surface area contributed by atoms with Gasteiger partial charge in [-0.05, 0) is 44.0 Å². The fourth-order valence-electron chi connectivity index (χ4n) is 6.01. The molecule has 1 aliphatic rings. The number of hydrogen-bond acceptors (Lipinski definition) is 1. The van der Waals surface area contributed by atoms with Crippen LogP contribution in [0.25, 0.3) is 0 Å². The largest absolute Gasteiger partial charge is 2.00 e. The van der Waals surface area contributed by atoms with Crippen molar-refractivity contribution in [3.8, 4) is 17.4 Å². The van der Waals surface area contributed by atoms with Crippen molar-refractivity contribution in [3.63, 3.8) is 0 Å².